The molecule has 0 unspecified atom stereocenters. The third kappa shape index (κ3) is 2.28. The van der Waals surface area contributed by atoms with E-state index in [-0.39, 0.29) is 16.9 Å². The Hall–Kier alpha value is -1.35. The number of carbonyl (C=O) groups excluding carboxylic acids is 1. The van der Waals surface area contributed by atoms with Crippen LogP contribution in [0, 0.1) is 0 Å². The number of benzene rings is 1. The van der Waals surface area contributed by atoms with E-state index in [2.05, 4.69) is 29.6 Å². The Bertz CT molecular complexity index is 549. The molecule has 3 N–H and O–H groups in total. The van der Waals surface area contributed by atoms with Crippen LogP contribution in [0.4, 0.5) is 0 Å². The van der Waals surface area contributed by atoms with Crippen molar-refractivity contribution in [3.05, 3.63) is 35.4 Å². The molecule has 3 saturated carbocycles. The summed E-state index contributed by atoms with van der Waals surface area (Å²) in [6, 6.07) is 8.93. The zero-order chi connectivity index (χ0) is 14.5. The second-order valence-corrected chi connectivity index (χ2v) is 7.27. The summed E-state index contributed by atoms with van der Waals surface area (Å²) in [6.07, 6.45) is 8.94. The van der Waals surface area contributed by atoms with E-state index in [1.165, 1.54) is 24.0 Å². The van der Waals surface area contributed by atoms with Gasteiger partial charge in [-0.2, -0.15) is 0 Å². The molecule has 4 rings (SSSR count). The monoisotopic (exact) mass is 284 g/mol. The Morgan fingerprint density at radius 1 is 1.00 bits per heavy atom. The van der Waals surface area contributed by atoms with Crippen molar-refractivity contribution >= 4 is 5.91 Å². The van der Waals surface area contributed by atoms with Crippen LogP contribution in [0.5, 0.6) is 0 Å². The molecule has 0 atom stereocenters. The van der Waals surface area contributed by atoms with Gasteiger partial charge in [0.15, 0.2) is 0 Å². The van der Waals surface area contributed by atoms with Crippen LogP contribution in [0.25, 0.3) is 0 Å². The van der Waals surface area contributed by atoms with Gasteiger partial charge in [0, 0.05) is 11.6 Å². The van der Waals surface area contributed by atoms with Crippen LogP contribution in [-0.2, 0) is 15.7 Å². The summed E-state index contributed by atoms with van der Waals surface area (Å²) < 4.78 is 0. The van der Waals surface area contributed by atoms with Crippen LogP contribution < -0.4 is 11.1 Å². The molecular formula is C18H24N2O. The van der Waals surface area contributed by atoms with E-state index in [9.17, 15) is 4.79 Å². The SMILES string of the molecule is NC1(c2ccc(C3(C(=O)NC4CCCC4)CC3)cc2)CC1. The summed E-state index contributed by atoms with van der Waals surface area (Å²) in [5.41, 5.74) is 8.30. The van der Waals surface area contributed by atoms with Gasteiger partial charge in [-0.3, -0.25) is 4.79 Å². The molecule has 0 bridgehead atoms. The molecule has 1 aromatic carbocycles. The standard InChI is InChI=1S/C18H24N2O/c19-18(11-12-18)14-7-5-13(6-8-14)17(9-10-17)16(21)20-15-3-1-2-4-15/h5-8,15H,1-4,9-12,19H2,(H,20,21). The molecule has 3 heteroatoms. The average molecular weight is 284 g/mol. The van der Waals surface area contributed by atoms with Gasteiger partial charge in [-0.1, -0.05) is 37.1 Å². The van der Waals surface area contributed by atoms with Crippen molar-refractivity contribution in [2.24, 2.45) is 5.73 Å². The molecule has 0 saturated heterocycles. The molecule has 0 heterocycles. The maximum absolute atomic E-state index is 12.6. The topological polar surface area (TPSA) is 55.1 Å². The van der Waals surface area contributed by atoms with Crippen LogP contribution in [0.3, 0.4) is 0 Å². The maximum atomic E-state index is 12.6. The lowest BCUT2D eigenvalue weighted by Gasteiger charge is -2.20. The van der Waals surface area contributed by atoms with Crippen LogP contribution in [0.2, 0.25) is 0 Å². The first-order valence-electron chi connectivity index (χ1n) is 8.33. The fraction of sp³-hybridized carbons (Fsp3) is 0.611. The van der Waals surface area contributed by atoms with Crippen molar-refractivity contribution in [3.63, 3.8) is 0 Å². The molecule has 21 heavy (non-hydrogen) atoms. The first-order valence-corrected chi connectivity index (χ1v) is 8.33. The van der Waals surface area contributed by atoms with E-state index in [0.717, 1.165) is 38.5 Å². The van der Waals surface area contributed by atoms with Gasteiger partial charge in [0.25, 0.3) is 0 Å². The molecule has 0 aromatic heterocycles. The van der Waals surface area contributed by atoms with Gasteiger partial charge in [0.2, 0.25) is 5.91 Å². The van der Waals surface area contributed by atoms with Gasteiger partial charge in [0.1, 0.15) is 0 Å². The highest BCUT2D eigenvalue weighted by Crippen LogP contribution is 2.50. The Morgan fingerprint density at radius 3 is 2.10 bits per heavy atom. The Morgan fingerprint density at radius 2 is 1.57 bits per heavy atom. The lowest BCUT2D eigenvalue weighted by Crippen LogP contribution is -2.40. The molecule has 1 aromatic rings. The van der Waals surface area contributed by atoms with Crippen LogP contribution in [-0.4, -0.2) is 11.9 Å². The second-order valence-electron chi connectivity index (χ2n) is 7.27. The molecule has 3 aliphatic carbocycles. The van der Waals surface area contributed by atoms with Crippen molar-refractivity contribution < 1.29 is 4.79 Å². The quantitative estimate of drug-likeness (QED) is 0.893. The van der Waals surface area contributed by atoms with Crippen molar-refractivity contribution in [3.8, 4) is 0 Å². The Kier molecular flexibility index (Phi) is 2.90. The second kappa shape index (κ2) is 4.57. The highest BCUT2D eigenvalue weighted by atomic mass is 16.2. The third-order valence-corrected chi connectivity index (χ3v) is 5.68. The summed E-state index contributed by atoms with van der Waals surface area (Å²) in [5, 5.41) is 3.27. The molecule has 3 aliphatic rings. The summed E-state index contributed by atoms with van der Waals surface area (Å²) in [5.74, 6) is 0.246. The highest BCUT2D eigenvalue weighted by molar-refractivity contribution is 5.91. The van der Waals surface area contributed by atoms with E-state index in [0.29, 0.717) is 6.04 Å². The fourth-order valence-electron chi connectivity index (χ4n) is 3.71. The number of nitrogens with two attached hydrogens (primary N) is 1. The number of nitrogens with one attached hydrogen (secondary N) is 1. The molecular weight excluding hydrogens is 260 g/mol. The molecule has 3 nitrogen and oxygen atoms in total. The minimum absolute atomic E-state index is 0.0820. The third-order valence-electron chi connectivity index (χ3n) is 5.68. The number of hydrogen-bond acceptors (Lipinski definition) is 2. The van der Waals surface area contributed by atoms with Crippen molar-refractivity contribution in [2.75, 3.05) is 0 Å². The minimum Gasteiger partial charge on any atom is -0.353 e. The van der Waals surface area contributed by atoms with Gasteiger partial charge < -0.3 is 11.1 Å². The number of rotatable bonds is 4. The predicted molar refractivity (Wildman–Crippen MR) is 82.9 cm³/mol. The Balaban J connectivity index is 1.50. The van der Waals surface area contributed by atoms with E-state index in [1.807, 2.05) is 0 Å². The van der Waals surface area contributed by atoms with E-state index >= 15 is 0 Å². The van der Waals surface area contributed by atoms with Gasteiger partial charge in [-0.25, -0.2) is 0 Å². The van der Waals surface area contributed by atoms with Crippen LogP contribution >= 0.6 is 0 Å². The van der Waals surface area contributed by atoms with Crippen molar-refractivity contribution in [1.82, 2.24) is 5.32 Å². The summed E-state index contributed by atoms with van der Waals surface area (Å²) in [6.45, 7) is 0. The van der Waals surface area contributed by atoms with Crippen LogP contribution in [0.15, 0.2) is 24.3 Å². The number of carbonyl (C=O) groups is 1. The van der Waals surface area contributed by atoms with Crippen molar-refractivity contribution in [1.29, 1.82) is 0 Å². The molecule has 112 valence electrons. The summed E-state index contributed by atoms with van der Waals surface area (Å²) in [4.78, 5) is 12.6. The molecule has 0 spiro atoms. The fourth-order valence-corrected chi connectivity index (χ4v) is 3.71. The highest BCUT2D eigenvalue weighted by Gasteiger charge is 2.52. The zero-order valence-corrected chi connectivity index (χ0v) is 12.5. The molecule has 0 radical (unpaired) electrons. The number of hydrogen-bond donors (Lipinski definition) is 2. The molecule has 3 fully saturated rings. The normalized spacial score (nSPS) is 25.6. The minimum atomic E-state index is -0.244. The van der Waals surface area contributed by atoms with Gasteiger partial charge in [-0.05, 0) is 49.7 Å². The smallest absolute Gasteiger partial charge is 0.230 e. The van der Waals surface area contributed by atoms with E-state index in [4.69, 9.17) is 5.73 Å². The first kappa shape index (κ1) is 13.3. The lowest BCUT2D eigenvalue weighted by atomic mass is 9.92. The first-order chi connectivity index (χ1) is 10.1. The van der Waals surface area contributed by atoms with Crippen LogP contribution in [0.1, 0.15) is 62.5 Å². The Labute approximate surface area is 126 Å². The molecule has 0 aliphatic heterocycles. The van der Waals surface area contributed by atoms with Gasteiger partial charge >= 0.3 is 0 Å². The van der Waals surface area contributed by atoms with Gasteiger partial charge in [-0.15, -0.1) is 0 Å². The van der Waals surface area contributed by atoms with E-state index < -0.39 is 0 Å². The van der Waals surface area contributed by atoms with E-state index in [1.54, 1.807) is 0 Å². The number of amides is 1. The largest absolute Gasteiger partial charge is 0.353 e. The summed E-state index contributed by atoms with van der Waals surface area (Å²) >= 11 is 0. The average Bonchev–Trinajstić information content (AvgIpc) is 3.40. The maximum Gasteiger partial charge on any atom is 0.230 e. The molecule has 1 amide bonds. The summed E-state index contributed by atoms with van der Waals surface area (Å²) in [7, 11) is 0. The lowest BCUT2D eigenvalue weighted by molar-refractivity contribution is -0.124. The zero-order valence-electron chi connectivity index (χ0n) is 12.5. The predicted octanol–water partition coefficient (Wildman–Crippen LogP) is 2.72. The van der Waals surface area contributed by atoms with Crippen molar-refractivity contribution in [2.45, 2.75) is 68.4 Å². The van der Waals surface area contributed by atoms with Gasteiger partial charge in [0.05, 0.1) is 5.41 Å².